The lowest BCUT2D eigenvalue weighted by Gasteiger charge is -2.13. The topological polar surface area (TPSA) is 99.4 Å². The highest BCUT2D eigenvalue weighted by Gasteiger charge is 2.19. The predicted molar refractivity (Wildman–Crippen MR) is 53.6 cm³/mol. The number of aromatic amines is 1. The summed E-state index contributed by atoms with van der Waals surface area (Å²) in [7, 11) is 1.59. The maximum atomic E-state index is 11.6. The Balaban J connectivity index is 3.05. The van der Waals surface area contributed by atoms with Crippen LogP contribution in [0.15, 0.2) is 6.07 Å². The van der Waals surface area contributed by atoms with Crippen LogP contribution in [-0.4, -0.2) is 40.4 Å². The summed E-state index contributed by atoms with van der Waals surface area (Å²) in [4.78, 5) is 26.3. The van der Waals surface area contributed by atoms with Crippen molar-refractivity contribution < 1.29 is 14.7 Å². The fraction of sp³-hybridized carbons (Fsp3) is 0.333. The minimum atomic E-state index is -0.719. The third-order valence-corrected chi connectivity index (χ3v) is 2.10. The number of aromatic hydroxyl groups is 1. The average Bonchev–Trinajstić information content (AvgIpc) is 2.58. The molecule has 0 unspecified atom stereocenters. The number of nitrogens with zero attached hydrogens (tertiary/aromatic N) is 1. The number of aromatic nitrogens is 1. The molecular formula is C9H13N3O3. The molecule has 6 nitrogen and oxygen atoms in total. The lowest BCUT2D eigenvalue weighted by Crippen LogP contribution is -2.26. The monoisotopic (exact) mass is 211 g/mol. The highest BCUT2D eigenvalue weighted by Crippen LogP contribution is 2.19. The molecule has 0 bridgehead atoms. The van der Waals surface area contributed by atoms with Gasteiger partial charge in [0.05, 0.1) is 0 Å². The average molecular weight is 211 g/mol. The van der Waals surface area contributed by atoms with E-state index in [1.807, 2.05) is 0 Å². The molecule has 0 saturated carbocycles. The van der Waals surface area contributed by atoms with Crippen LogP contribution in [0.5, 0.6) is 5.75 Å². The Hall–Kier alpha value is -1.98. The first kappa shape index (κ1) is 11.1. The molecule has 1 aromatic heterocycles. The molecule has 1 rings (SSSR count). The number of hydrogen-bond acceptors (Lipinski definition) is 3. The number of primary amides is 1. The molecule has 4 N–H and O–H groups in total. The number of nitrogens with one attached hydrogen (secondary N) is 1. The number of amides is 2. The van der Waals surface area contributed by atoms with Crippen LogP contribution < -0.4 is 5.73 Å². The molecule has 1 heterocycles. The molecule has 0 aromatic carbocycles. The molecule has 2 amide bonds. The summed E-state index contributed by atoms with van der Waals surface area (Å²) < 4.78 is 0. The van der Waals surface area contributed by atoms with Gasteiger partial charge in [-0.3, -0.25) is 9.59 Å². The third kappa shape index (κ3) is 2.09. The second-order valence-electron chi connectivity index (χ2n) is 3.13. The van der Waals surface area contributed by atoms with Crippen LogP contribution in [0.25, 0.3) is 0 Å². The van der Waals surface area contributed by atoms with E-state index in [1.165, 1.54) is 4.90 Å². The first-order valence-corrected chi connectivity index (χ1v) is 4.44. The zero-order valence-electron chi connectivity index (χ0n) is 8.57. The van der Waals surface area contributed by atoms with Crippen molar-refractivity contribution in [3.63, 3.8) is 0 Å². The van der Waals surface area contributed by atoms with E-state index >= 15 is 0 Å². The van der Waals surface area contributed by atoms with Crippen LogP contribution in [0.1, 0.15) is 27.9 Å². The lowest BCUT2D eigenvalue weighted by atomic mass is 10.3. The number of rotatable bonds is 3. The van der Waals surface area contributed by atoms with E-state index in [2.05, 4.69) is 4.98 Å². The molecule has 0 fully saturated rings. The van der Waals surface area contributed by atoms with Gasteiger partial charge in [-0.15, -0.1) is 0 Å². The Morgan fingerprint density at radius 3 is 2.60 bits per heavy atom. The second-order valence-corrected chi connectivity index (χ2v) is 3.13. The van der Waals surface area contributed by atoms with Crippen molar-refractivity contribution in [2.24, 2.45) is 5.73 Å². The molecule has 0 saturated heterocycles. The van der Waals surface area contributed by atoms with Crippen molar-refractivity contribution in [1.82, 2.24) is 9.88 Å². The van der Waals surface area contributed by atoms with E-state index in [-0.39, 0.29) is 23.0 Å². The molecule has 1 aromatic rings. The quantitative estimate of drug-likeness (QED) is 0.651. The smallest absolute Gasteiger partial charge is 0.273 e. The number of carbonyl (C=O) groups is 2. The zero-order valence-corrected chi connectivity index (χ0v) is 8.57. The largest absolute Gasteiger partial charge is 0.505 e. The fourth-order valence-corrected chi connectivity index (χ4v) is 1.07. The van der Waals surface area contributed by atoms with Crippen LogP contribution in [0.4, 0.5) is 0 Å². The number of hydrogen-bond donors (Lipinski definition) is 3. The molecule has 0 spiro atoms. The van der Waals surface area contributed by atoms with Crippen molar-refractivity contribution in [3.8, 4) is 5.75 Å². The summed E-state index contributed by atoms with van der Waals surface area (Å²) >= 11 is 0. The normalized spacial score (nSPS) is 10.0. The van der Waals surface area contributed by atoms with E-state index in [4.69, 9.17) is 5.73 Å². The summed E-state index contributed by atoms with van der Waals surface area (Å²) in [5.41, 5.74) is 4.99. The minimum absolute atomic E-state index is 0.0142. The van der Waals surface area contributed by atoms with Gasteiger partial charge >= 0.3 is 0 Å². The van der Waals surface area contributed by atoms with Crippen molar-refractivity contribution in [2.45, 2.75) is 6.92 Å². The summed E-state index contributed by atoms with van der Waals surface area (Å²) in [5.74, 6) is -1.37. The fourth-order valence-electron chi connectivity index (χ4n) is 1.07. The van der Waals surface area contributed by atoms with Crippen molar-refractivity contribution in [1.29, 1.82) is 0 Å². The van der Waals surface area contributed by atoms with Gasteiger partial charge in [0.15, 0.2) is 0 Å². The number of H-pyrrole nitrogens is 1. The highest BCUT2D eigenvalue weighted by molar-refractivity contribution is 5.99. The Labute approximate surface area is 86.7 Å². The van der Waals surface area contributed by atoms with Gasteiger partial charge in [-0.25, -0.2) is 0 Å². The molecule has 15 heavy (non-hydrogen) atoms. The van der Waals surface area contributed by atoms with E-state index < -0.39 is 5.91 Å². The van der Waals surface area contributed by atoms with Crippen LogP contribution in [-0.2, 0) is 0 Å². The molecule has 0 radical (unpaired) electrons. The van der Waals surface area contributed by atoms with Crippen molar-refractivity contribution >= 4 is 11.8 Å². The number of nitrogens with two attached hydrogens (primary N) is 1. The van der Waals surface area contributed by atoms with Gasteiger partial charge in [0.25, 0.3) is 11.8 Å². The summed E-state index contributed by atoms with van der Waals surface area (Å²) in [6, 6.07) is 1.14. The summed E-state index contributed by atoms with van der Waals surface area (Å²) in [5, 5.41) is 9.41. The van der Waals surface area contributed by atoms with Gasteiger partial charge in [-0.1, -0.05) is 0 Å². The van der Waals surface area contributed by atoms with Crippen LogP contribution in [0.3, 0.4) is 0 Å². The Kier molecular flexibility index (Phi) is 2.99. The van der Waals surface area contributed by atoms with Gasteiger partial charge in [-0.2, -0.15) is 0 Å². The van der Waals surface area contributed by atoms with Crippen LogP contribution in [0.2, 0.25) is 0 Å². The number of carbonyl (C=O) groups excluding carboxylic acids is 2. The van der Waals surface area contributed by atoms with Gasteiger partial charge < -0.3 is 20.7 Å². The lowest BCUT2D eigenvalue weighted by molar-refractivity contribution is 0.0794. The SMILES string of the molecule is CCN(C)C(=O)c1[nH]c(C(N)=O)cc1O. The maximum absolute atomic E-state index is 11.6. The molecule has 82 valence electrons. The van der Waals surface area contributed by atoms with E-state index in [0.29, 0.717) is 6.54 Å². The van der Waals surface area contributed by atoms with Crippen LogP contribution in [0, 0.1) is 0 Å². The second kappa shape index (κ2) is 4.04. The molecule has 0 aliphatic heterocycles. The standard InChI is InChI=1S/C9H13N3O3/c1-3-12(2)9(15)7-6(13)4-5(11-7)8(10)14/h4,11,13H,3H2,1-2H3,(H2,10,14). The molecule has 6 heteroatoms. The summed E-state index contributed by atoms with van der Waals surface area (Å²) in [6.45, 7) is 2.30. The van der Waals surface area contributed by atoms with E-state index in [0.717, 1.165) is 6.07 Å². The third-order valence-electron chi connectivity index (χ3n) is 2.10. The Morgan fingerprint density at radius 2 is 2.20 bits per heavy atom. The van der Waals surface area contributed by atoms with E-state index in [1.54, 1.807) is 14.0 Å². The molecule has 0 atom stereocenters. The van der Waals surface area contributed by atoms with Gasteiger partial charge in [0, 0.05) is 19.7 Å². The van der Waals surface area contributed by atoms with Crippen molar-refractivity contribution in [3.05, 3.63) is 17.5 Å². The predicted octanol–water partition coefficient (Wildman–Crippen LogP) is -0.0889. The van der Waals surface area contributed by atoms with Gasteiger partial charge in [0.2, 0.25) is 0 Å². The van der Waals surface area contributed by atoms with Crippen LogP contribution >= 0.6 is 0 Å². The molecule has 0 aliphatic rings. The van der Waals surface area contributed by atoms with Gasteiger partial charge in [0.1, 0.15) is 17.1 Å². The Morgan fingerprint density at radius 1 is 1.60 bits per heavy atom. The maximum Gasteiger partial charge on any atom is 0.273 e. The van der Waals surface area contributed by atoms with Gasteiger partial charge in [-0.05, 0) is 6.92 Å². The molecular weight excluding hydrogens is 198 g/mol. The zero-order chi connectivity index (χ0) is 11.6. The molecule has 0 aliphatic carbocycles. The highest BCUT2D eigenvalue weighted by atomic mass is 16.3. The first-order chi connectivity index (χ1) is 6.97. The Bertz CT molecular complexity index is 397. The minimum Gasteiger partial charge on any atom is -0.505 e. The van der Waals surface area contributed by atoms with Crippen molar-refractivity contribution in [2.75, 3.05) is 13.6 Å². The summed E-state index contributed by atoms with van der Waals surface area (Å²) in [6.07, 6.45) is 0. The van der Waals surface area contributed by atoms with E-state index in [9.17, 15) is 14.7 Å². The first-order valence-electron chi connectivity index (χ1n) is 4.44.